The second-order valence-electron chi connectivity index (χ2n) is 5.00. The quantitative estimate of drug-likeness (QED) is 0.855. The average molecular weight is 283 g/mol. The van der Waals surface area contributed by atoms with Crippen molar-refractivity contribution in [2.24, 2.45) is 0 Å². The van der Waals surface area contributed by atoms with Gasteiger partial charge in [-0.15, -0.1) is 0 Å². The van der Waals surface area contributed by atoms with Crippen LogP contribution in [0.1, 0.15) is 12.8 Å². The lowest BCUT2D eigenvalue weighted by Gasteiger charge is -2.08. The van der Waals surface area contributed by atoms with Crippen molar-refractivity contribution < 1.29 is 9.53 Å². The molecule has 3 rings (SSSR count). The summed E-state index contributed by atoms with van der Waals surface area (Å²) in [4.78, 5) is 16.0. The van der Waals surface area contributed by atoms with Crippen LogP contribution in [0.3, 0.4) is 0 Å². The van der Waals surface area contributed by atoms with Gasteiger partial charge in [0.15, 0.2) is 6.61 Å². The number of hydrogen-bond acceptors (Lipinski definition) is 4. The van der Waals surface area contributed by atoms with E-state index in [9.17, 15) is 4.79 Å². The molecule has 108 valence electrons. The molecule has 0 saturated heterocycles. The third kappa shape index (κ3) is 4.21. The SMILES string of the molecule is O=C(COc1ccccc1)Nc1ccc(NC2CC2)cn1. The van der Waals surface area contributed by atoms with Crippen molar-refractivity contribution in [3.8, 4) is 5.75 Å². The summed E-state index contributed by atoms with van der Waals surface area (Å²) in [6, 6.07) is 13.5. The Morgan fingerprint density at radius 2 is 2.00 bits per heavy atom. The Kier molecular flexibility index (Phi) is 4.00. The fraction of sp³-hybridized carbons (Fsp3) is 0.250. The van der Waals surface area contributed by atoms with E-state index in [1.165, 1.54) is 12.8 Å². The second-order valence-corrected chi connectivity index (χ2v) is 5.00. The highest BCUT2D eigenvalue weighted by atomic mass is 16.5. The smallest absolute Gasteiger partial charge is 0.263 e. The molecule has 2 N–H and O–H groups in total. The van der Waals surface area contributed by atoms with E-state index in [2.05, 4.69) is 15.6 Å². The van der Waals surface area contributed by atoms with Gasteiger partial charge in [0.2, 0.25) is 0 Å². The minimum Gasteiger partial charge on any atom is -0.484 e. The lowest BCUT2D eigenvalue weighted by Crippen LogP contribution is -2.20. The van der Waals surface area contributed by atoms with Crippen molar-refractivity contribution in [3.05, 3.63) is 48.7 Å². The van der Waals surface area contributed by atoms with Gasteiger partial charge in [0.05, 0.1) is 11.9 Å². The number of ether oxygens (including phenoxy) is 1. The summed E-state index contributed by atoms with van der Waals surface area (Å²) in [6.45, 7) is -0.0340. The van der Waals surface area contributed by atoms with Crippen LogP contribution in [-0.4, -0.2) is 23.5 Å². The van der Waals surface area contributed by atoms with E-state index in [1.807, 2.05) is 36.4 Å². The molecule has 1 aliphatic rings. The molecule has 0 spiro atoms. The molecule has 0 atom stereocenters. The number of pyridine rings is 1. The normalized spacial score (nSPS) is 13.5. The van der Waals surface area contributed by atoms with Crippen LogP contribution in [0.4, 0.5) is 11.5 Å². The Morgan fingerprint density at radius 3 is 2.67 bits per heavy atom. The number of carbonyl (C=O) groups excluding carboxylic acids is 1. The molecular formula is C16H17N3O2. The first-order chi connectivity index (χ1) is 10.3. The number of anilines is 2. The molecule has 0 bridgehead atoms. The zero-order chi connectivity index (χ0) is 14.5. The molecule has 1 fully saturated rings. The van der Waals surface area contributed by atoms with Crippen LogP contribution in [0.15, 0.2) is 48.7 Å². The molecule has 1 amide bonds. The molecule has 5 heteroatoms. The van der Waals surface area contributed by atoms with Crippen molar-refractivity contribution in [1.82, 2.24) is 4.98 Å². The number of nitrogens with one attached hydrogen (secondary N) is 2. The average Bonchev–Trinajstić information content (AvgIpc) is 3.32. The van der Waals surface area contributed by atoms with Crippen LogP contribution >= 0.6 is 0 Å². The number of hydrogen-bond donors (Lipinski definition) is 2. The van der Waals surface area contributed by atoms with Crippen LogP contribution in [0, 0.1) is 0 Å². The number of rotatable bonds is 6. The fourth-order valence-electron chi connectivity index (χ4n) is 1.86. The molecule has 2 aromatic rings. The lowest BCUT2D eigenvalue weighted by atomic mass is 10.3. The highest BCUT2D eigenvalue weighted by Crippen LogP contribution is 2.24. The maximum absolute atomic E-state index is 11.8. The summed E-state index contributed by atoms with van der Waals surface area (Å²) in [5, 5.41) is 6.05. The Morgan fingerprint density at radius 1 is 1.19 bits per heavy atom. The summed E-state index contributed by atoms with van der Waals surface area (Å²) in [5.41, 5.74) is 0.982. The zero-order valence-electron chi connectivity index (χ0n) is 11.6. The van der Waals surface area contributed by atoms with E-state index < -0.39 is 0 Å². The maximum Gasteiger partial charge on any atom is 0.263 e. The third-order valence-electron chi connectivity index (χ3n) is 3.09. The van der Waals surface area contributed by atoms with Gasteiger partial charge in [-0.3, -0.25) is 4.79 Å². The molecule has 21 heavy (non-hydrogen) atoms. The van der Waals surface area contributed by atoms with Crippen molar-refractivity contribution in [2.45, 2.75) is 18.9 Å². The highest BCUT2D eigenvalue weighted by molar-refractivity contribution is 5.91. The third-order valence-corrected chi connectivity index (χ3v) is 3.09. The molecule has 1 aromatic carbocycles. The van der Waals surface area contributed by atoms with Crippen LogP contribution in [0.2, 0.25) is 0 Å². The van der Waals surface area contributed by atoms with Gasteiger partial charge < -0.3 is 15.4 Å². The standard InChI is InChI=1S/C16H17N3O2/c20-16(11-21-14-4-2-1-3-5-14)19-15-9-8-13(10-17-15)18-12-6-7-12/h1-5,8-10,12,18H,6-7,11H2,(H,17,19,20). The number of aromatic nitrogens is 1. The van der Waals surface area contributed by atoms with E-state index in [0.29, 0.717) is 17.6 Å². The molecule has 1 aromatic heterocycles. The molecule has 1 heterocycles. The minimum absolute atomic E-state index is 0.0340. The molecule has 0 aliphatic heterocycles. The van der Waals surface area contributed by atoms with E-state index in [4.69, 9.17) is 4.74 Å². The minimum atomic E-state index is -0.228. The number of carbonyl (C=O) groups is 1. The Balaban J connectivity index is 1.47. The van der Waals surface area contributed by atoms with Crippen molar-refractivity contribution in [3.63, 3.8) is 0 Å². The zero-order valence-corrected chi connectivity index (χ0v) is 11.6. The fourth-order valence-corrected chi connectivity index (χ4v) is 1.86. The molecule has 1 saturated carbocycles. The van der Waals surface area contributed by atoms with E-state index >= 15 is 0 Å². The van der Waals surface area contributed by atoms with Crippen LogP contribution in [-0.2, 0) is 4.79 Å². The van der Waals surface area contributed by atoms with E-state index in [-0.39, 0.29) is 12.5 Å². The lowest BCUT2D eigenvalue weighted by molar-refractivity contribution is -0.118. The van der Waals surface area contributed by atoms with Crippen LogP contribution in [0.5, 0.6) is 5.75 Å². The Bertz CT molecular complexity index is 595. The van der Waals surface area contributed by atoms with Gasteiger partial charge in [-0.05, 0) is 37.1 Å². The first-order valence-corrected chi connectivity index (χ1v) is 7.00. The second kappa shape index (κ2) is 6.26. The van der Waals surface area contributed by atoms with Gasteiger partial charge >= 0.3 is 0 Å². The summed E-state index contributed by atoms with van der Waals surface area (Å²) >= 11 is 0. The summed E-state index contributed by atoms with van der Waals surface area (Å²) in [7, 11) is 0. The highest BCUT2D eigenvalue weighted by Gasteiger charge is 2.20. The number of benzene rings is 1. The van der Waals surface area contributed by atoms with Gasteiger partial charge in [0, 0.05) is 6.04 Å². The van der Waals surface area contributed by atoms with E-state index in [0.717, 1.165) is 5.69 Å². The van der Waals surface area contributed by atoms with Crippen molar-refractivity contribution >= 4 is 17.4 Å². The number of para-hydroxylation sites is 1. The van der Waals surface area contributed by atoms with Crippen molar-refractivity contribution in [1.29, 1.82) is 0 Å². The predicted molar refractivity (Wildman–Crippen MR) is 81.4 cm³/mol. The largest absolute Gasteiger partial charge is 0.484 e. The molecular weight excluding hydrogens is 266 g/mol. The van der Waals surface area contributed by atoms with Crippen LogP contribution in [0.25, 0.3) is 0 Å². The molecule has 1 aliphatic carbocycles. The molecule has 0 radical (unpaired) electrons. The Hall–Kier alpha value is -2.56. The first kappa shape index (κ1) is 13.4. The summed E-state index contributed by atoms with van der Waals surface area (Å²) in [6.07, 6.45) is 4.16. The van der Waals surface area contributed by atoms with Gasteiger partial charge in [-0.2, -0.15) is 0 Å². The van der Waals surface area contributed by atoms with Gasteiger partial charge in [-0.1, -0.05) is 18.2 Å². The number of nitrogens with zero attached hydrogens (tertiary/aromatic N) is 1. The Labute approximate surface area is 123 Å². The first-order valence-electron chi connectivity index (χ1n) is 7.00. The topological polar surface area (TPSA) is 63.2 Å². The maximum atomic E-state index is 11.8. The van der Waals surface area contributed by atoms with Gasteiger partial charge in [0.25, 0.3) is 5.91 Å². The van der Waals surface area contributed by atoms with Crippen molar-refractivity contribution in [2.75, 3.05) is 17.2 Å². The summed E-state index contributed by atoms with van der Waals surface area (Å²) < 4.78 is 5.37. The van der Waals surface area contributed by atoms with Gasteiger partial charge in [-0.25, -0.2) is 4.98 Å². The molecule has 0 unspecified atom stereocenters. The monoisotopic (exact) mass is 283 g/mol. The number of amides is 1. The summed E-state index contributed by atoms with van der Waals surface area (Å²) in [5.74, 6) is 0.969. The van der Waals surface area contributed by atoms with Crippen LogP contribution < -0.4 is 15.4 Å². The molecule has 5 nitrogen and oxygen atoms in total. The van der Waals surface area contributed by atoms with Gasteiger partial charge in [0.1, 0.15) is 11.6 Å². The van der Waals surface area contributed by atoms with E-state index in [1.54, 1.807) is 12.3 Å². The predicted octanol–water partition coefficient (Wildman–Crippen LogP) is 2.67.